The van der Waals surface area contributed by atoms with Gasteiger partial charge in [-0.3, -0.25) is 0 Å². The molecule has 13 heavy (non-hydrogen) atoms. The van der Waals surface area contributed by atoms with Crippen LogP contribution >= 0.6 is 0 Å². The number of nitrogens with one attached hydrogen (secondary N) is 1. The van der Waals surface area contributed by atoms with E-state index < -0.39 is 0 Å². The smallest absolute Gasteiger partial charge is 0.0409 e. The van der Waals surface area contributed by atoms with Gasteiger partial charge in [-0.05, 0) is 30.9 Å². The van der Waals surface area contributed by atoms with E-state index in [4.69, 9.17) is 0 Å². The molecule has 1 N–H and O–H groups in total. The van der Waals surface area contributed by atoms with Gasteiger partial charge in [0.05, 0.1) is 0 Å². The van der Waals surface area contributed by atoms with Gasteiger partial charge in [-0.1, -0.05) is 30.4 Å². The molecule has 0 atom stereocenters. The number of anilines is 1. The molecule has 0 aromatic heterocycles. The highest BCUT2D eigenvalue weighted by Gasteiger charge is 2.11. The summed E-state index contributed by atoms with van der Waals surface area (Å²) in [6.07, 6.45) is 6.54. The molecule has 0 unspecified atom stereocenters. The van der Waals surface area contributed by atoms with Crippen LogP contribution in [0.5, 0.6) is 0 Å². The van der Waals surface area contributed by atoms with Crippen LogP contribution in [0.25, 0.3) is 0 Å². The Kier molecular flexibility index (Phi) is 2.35. The molecule has 0 spiro atoms. The second kappa shape index (κ2) is 3.65. The lowest BCUT2D eigenvalue weighted by Gasteiger charge is -2.05. The van der Waals surface area contributed by atoms with Gasteiger partial charge in [-0.2, -0.15) is 0 Å². The van der Waals surface area contributed by atoms with Crippen molar-refractivity contribution in [1.82, 2.24) is 0 Å². The van der Waals surface area contributed by atoms with Gasteiger partial charge in [0.15, 0.2) is 0 Å². The summed E-state index contributed by atoms with van der Waals surface area (Å²) in [4.78, 5) is 0. The monoisotopic (exact) mass is 173 g/mol. The quantitative estimate of drug-likeness (QED) is 0.678. The highest BCUT2D eigenvalue weighted by molar-refractivity contribution is 5.61. The summed E-state index contributed by atoms with van der Waals surface area (Å²) in [5.74, 6) is 0. The Morgan fingerprint density at radius 1 is 1.46 bits per heavy atom. The minimum atomic E-state index is 1.05. The average Bonchev–Trinajstić information content (AvgIpc) is 2.62. The Hall–Kier alpha value is -1.24. The number of hydrogen-bond donors (Lipinski definition) is 1. The molecule has 1 heterocycles. The van der Waals surface area contributed by atoms with E-state index in [1.807, 2.05) is 0 Å². The van der Waals surface area contributed by atoms with Gasteiger partial charge >= 0.3 is 0 Å². The van der Waals surface area contributed by atoms with Crippen LogP contribution < -0.4 is 5.32 Å². The molecule has 2 rings (SSSR count). The Morgan fingerprint density at radius 3 is 3.23 bits per heavy atom. The second-order valence-corrected chi connectivity index (χ2v) is 3.40. The molecule has 0 fully saturated rings. The van der Waals surface area contributed by atoms with E-state index in [1.165, 1.54) is 23.2 Å². The summed E-state index contributed by atoms with van der Waals surface area (Å²) in [5, 5.41) is 3.44. The lowest BCUT2D eigenvalue weighted by Crippen LogP contribution is -1.94. The molecule has 0 saturated carbocycles. The normalized spacial score (nSPS) is 14.5. The van der Waals surface area contributed by atoms with Crippen LogP contribution in [0.15, 0.2) is 30.4 Å². The first kappa shape index (κ1) is 8.36. The van der Waals surface area contributed by atoms with Crippen LogP contribution in [0.2, 0.25) is 0 Å². The summed E-state index contributed by atoms with van der Waals surface area (Å²) in [6, 6.07) is 6.58. The summed E-state index contributed by atoms with van der Waals surface area (Å²) in [5.41, 5.74) is 4.27. The lowest BCUT2D eigenvalue weighted by molar-refractivity contribution is 1.11. The predicted molar refractivity (Wildman–Crippen MR) is 57.2 cm³/mol. The first-order chi connectivity index (χ1) is 6.42. The fourth-order valence-corrected chi connectivity index (χ4v) is 1.83. The Labute approximate surface area is 79.5 Å². The molecule has 1 aromatic carbocycles. The van der Waals surface area contributed by atoms with Crippen molar-refractivity contribution in [2.24, 2.45) is 0 Å². The van der Waals surface area contributed by atoms with Crippen molar-refractivity contribution < 1.29 is 0 Å². The van der Waals surface area contributed by atoms with E-state index in [0.717, 1.165) is 13.0 Å². The van der Waals surface area contributed by atoms with Crippen LogP contribution in [0.3, 0.4) is 0 Å². The molecule has 1 aliphatic heterocycles. The van der Waals surface area contributed by atoms with E-state index in [2.05, 4.69) is 42.6 Å². The van der Waals surface area contributed by atoms with Crippen molar-refractivity contribution in [3.8, 4) is 0 Å². The van der Waals surface area contributed by atoms with Crippen LogP contribution in [0, 0.1) is 0 Å². The fraction of sp³-hybridized carbons (Fsp3) is 0.333. The summed E-state index contributed by atoms with van der Waals surface area (Å²) in [7, 11) is 0. The summed E-state index contributed by atoms with van der Waals surface area (Å²) < 4.78 is 0. The highest BCUT2D eigenvalue weighted by atomic mass is 14.9. The molecule has 68 valence electrons. The molecule has 1 nitrogen and oxygen atoms in total. The van der Waals surface area contributed by atoms with E-state index >= 15 is 0 Å². The van der Waals surface area contributed by atoms with Gasteiger partial charge in [0.2, 0.25) is 0 Å². The van der Waals surface area contributed by atoms with Gasteiger partial charge in [-0.25, -0.2) is 0 Å². The minimum Gasteiger partial charge on any atom is -0.384 e. The standard InChI is InChI=1S/C12H15N/c1-2-3-5-10-6-4-7-11-8-9-13-12(10)11/h2-4,6-7,13H,5,8-9H2,1H3/b3-2-. The molecule has 0 aliphatic carbocycles. The zero-order valence-corrected chi connectivity index (χ0v) is 8.01. The Bertz CT molecular complexity index is 326. The van der Waals surface area contributed by atoms with Crippen LogP contribution in [-0.2, 0) is 12.8 Å². The van der Waals surface area contributed by atoms with Gasteiger partial charge < -0.3 is 5.32 Å². The van der Waals surface area contributed by atoms with Gasteiger partial charge in [0.1, 0.15) is 0 Å². The maximum atomic E-state index is 3.44. The van der Waals surface area contributed by atoms with Crippen molar-refractivity contribution in [2.75, 3.05) is 11.9 Å². The van der Waals surface area contributed by atoms with Crippen LogP contribution in [0.4, 0.5) is 5.69 Å². The van der Waals surface area contributed by atoms with Gasteiger partial charge in [0, 0.05) is 12.2 Å². The third-order valence-electron chi connectivity index (χ3n) is 2.51. The SMILES string of the molecule is C/C=C\Cc1cccc2c1NCC2. The molecule has 1 heteroatoms. The van der Waals surface area contributed by atoms with Crippen molar-refractivity contribution in [1.29, 1.82) is 0 Å². The van der Waals surface area contributed by atoms with Crippen molar-refractivity contribution in [3.05, 3.63) is 41.5 Å². The number of allylic oxidation sites excluding steroid dienone is 2. The lowest BCUT2D eigenvalue weighted by atomic mass is 10.1. The number of rotatable bonds is 2. The Morgan fingerprint density at radius 2 is 2.38 bits per heavy atom. The summed E-state index contributed by atoms with van der Waals surface area (Å²) in [6.45, 7) is 3.17. The van der Waals surface area contributed by atoms with Gasteiger partial charge in [0.25, 0.3) is 0 Å². The van der Waals surface area contributed by atoms with Crippen molar-refractivity contribution in [3.63, 3.8) is 0 Å². The molecular formula is C12H15N. The first-order valence-electron chi connectivity index (χ1n) is 4.87. The highest BCUT2D eigenvalue weighted by Crippen LogP contribution is 2.26. The molecule has 1 aliphatic rings. The average molecular weight is 173 g/mol. The second-order valence-electron chi connectivity index (χ2n) is 3.40. The maximum Gasteiger partial charge on any atom is 0.0409 e. The first-order valence-corrected chi connectivity index (χ1v) is 4.87. The van der Waals surface area contributed by atoms with E-state index in [-0.39, 0.29) is 0 Å². The minimum absolute atomic E-state index is 1.05. The number of para-hydroxylation sites is 1. The fourth-order valence-electron chi connectivity index (χ4n) is 1.83. The number of hydrogen-bond acceptors (Lipinski definition) is 1. The molecule has 0 radical (unpaired) electrons. The zero-order valence-electron chi connectivity index (χ0n) is 8.01. The van der Waals surface area contributed by atoms with Crippen LogP contribution in [-0.4, -0.2) is 6.54 Å². The van der Waals surface area contributed by atoms with Crippen molar-refractivity contribution in [2.45, 2.75) is 19.8 Å². The largest absolute Gasteiger partial charge is 0.384 e. The molecule has 1 aromatic rings. The van der Waals surface area contributed by atoms with E-state index in [9.17, 15) is 0 Å². The topological polar surface area (TPSA) is 12.0 Å². The maximum absolute atomic E-state index is 3.44. The number of fused-ring (bicyclic) bond motifs is 1. The predicted octanol–water partition coefficient (Wildman–Crippen LogP) is 2.77. The van der Waals surface area contributed by atoms with E-state index in [1.54, 1.807) is 0 Å². The molecular weight excluding hydrogens is 158 g/mol. The zero-order chi connectivity index (χ0) is 9.10. The molecule has 0 amide bonds. The molecule has 0 saturated heterocycles. The van der Waals surface area contributed by atoms with Gasteiger partial charge in [-0.15, -0.1) is 0 Å². The third-order valence-corrected chi connectivity index (χ3v) is 2.51. The third kappa shape index (κ3) is 1.59. The van der Waals surface area contributed by atoms with Crippen LogP contribution in [0.1, 0.15) is 18.1 Å². The number of benzene rings is 1. The van der Waals surface area contributed by atoms with Crippen molar-refractivity contribution >= 4 is 5.69 Å². The van der Waals surface area contributed by atoms with E-state index in [0.29, 0.717) is 0 Å². The Balaban J connectivity index is 2.30. The molecule has 0 bridgehead atoms. The summed E-state index contributed by atoms with van der Waals surface area (Å²) >= 11 is 0.